The van der Waals surface area contributed by atoms with E-state index >= 15 is 0 Å². The summed E-state index contributed by atoms with van der Waals surface area (Å²) in [5.41, 5.74) is 2.68. The number of amides is 1. The van der Waals surface area contributed by atoms with E-state index < -0.39 is 0 Å². The van der Waals surface area contributed by atoms with Crippen LogP contribution in [0.2, 0.25) is 0 Å². The van der Waals surface area contributed by atoms with E-state index in [0.29, 0.717) is 6.54 Å². The molecule has 2 aromatic carbocycles. The number of ether oxygens (including phenoxy) is 1. The zero-order valence-corrected chi connectivity index (χ0v) is 15.2. The Hall–Kier alpha value is -2.82. The molecule has 0 radical (unpaired) electrons. The van der Waals surface area contributed by atoms with Gasteiger partial charge in [-0.2, -0.15) is 0 Å². The third kappa shape index (κ3) is 3.87. The van der Waals surface area contributed by atoms with Crippen molar-refractivity contribution in [3.63, 3.8) is 0 Å². The molecule has 0 unspecified atom stereocenters. The van der Waals surface area contributed by atoms with Gasteiger partial charge in [-0.15, -0.1) is 0 Å². The van der Waals surface area contributed by atoms with Gasteiger partial charge in [-0.05, 0) is 41.5 Å². The molecule has 0 aliphatic heterocycles. The number of carbonyl (C=O) groups is 1. The summed E-state index contributed by atoms with van der Waals surface area (Å²) in [6.45, 7) is 4.68. The molecule has 0 saturated carbocycles. The highest BCUT2D eigenvalue weighted by Gasteiger charge is 2.25. The van der Waals surface area contributed by atoms with Crippen LogP contribution in [0.4, 0.5) is 4.39 Å². The summed E-state index contributed by atoms with van der Waals surface area (Å²) in [6.07, 6.45) is 2.22. The Morgan fingerprint density at radius 1 is 1.19 bits per heavy atom. The van der Waals surface area contributed by atoms with E-state index in [0.717, 1.165) is 27.8 Å². The Morgan fingerprint density at radius 2 is 1.92 bits per heavy atom. The molecule has 1 amide bonds. The summed E-state index contributed by atoms with van der Waals surface area (Å²) < 4.78 is 18.3. The number of carbonyl (C=O) groups excluding carboxylic acids is 1. The van der Waals surface area contributed by atoms with Gasteiger partial charge in [0.1, 0.15) is 11.6 Å². The minimum absolute atomic E-state index is 0.0814. The molecule has 3 rings (SSSR count). The van der Waals surface area contributed by atoms with Gasteiger partial charge in [0.05, 0.1) is 13.5 Å². The average Bonchev–Trinajstić information content (AvgIpc) is 3.06. The lowest BCUT2D eigenvalue weighted by molar-refractivity contribution is -0.120. The predicted octanol–water partition coefficient (Wildman–Crippen LogP) is 3.95. The smallest absolute Gasteiger partial charge is 0.224 e. The third-order valence-electron chi connectivity index (χ3n) is 4.62. The predicted molar refractivity (Wildman–Crippen MR) is 101 cm³/mol. The van der Waals surface area contributed by atoms with Crippen LogP contribution in [-0.4, -0.2) is 24.5 Å². The van der Waals surface area contributed by atoms with Crippen LogP contribution in [0.1, 0.15) is 25.0 Å². The summed E-state index contributed by atoms with van der Waals surface area (Å²) in [4.78, 5) is 15.5. The first-order valence-corrected chi connectivity index (χ1v) is 8.56. The first-order valence-electron chi connectivity index (χ1n) is 8.56. The molecular formula is C21H23FN2O2. The number of rotatable bonds is 6. The number of H-pyrrole nitrogens is 1. The second kappa shape index (κ2) is 7.20. The standard InChI is InChI=1S/C21H23FN2O2/c1-21(2,13-24-20(25)10-14-4-6-15(22)7-5-14)18-12-23-19-9-8-16(26-3)11-17(18)19/h4-9,11-12,23H,10,13H2,1-3H3,(H,24,25). The molecule has 0 fully saturated rings. The van der Waals surface area contributed by atoms with Crippen molar-refractivity contribution in [2.24, 2.45) is 0 Å². The van der Waals surface area contributed by atoms with Crippen molar-refractivity contribution in [1.29, 1.82) is 0 Å². The number of aromatic amines is 1. The fraction of sp³-hybridized carbons (Fsp3) is 0.286. The van der Waals surface area contributed by atoms with Crippen LogP contribution in [0, 0.1) is 5.82 Å². The number of hydrogen-bond acceptors (Lipinski definition) is 2. The number of aromatic nitrogens is 1. The molecule has 26 heavy (non-hydrogen) atoms. The van der Waals surface area contributed by atoms with E-state index in [2.05, 4.69) is 24.1 Å². The SMILES string of the molecule is COc1ccc2[nH]cc(C(C)(C)CNC(=O)Cc3ccc(F)cc3)c2c1. The Kier molecular flexibility index (Phi) is 4.98. The van der Waals surface area contributed by atoms with E-state index in [1.807, 2.05) is 24.4 Å². The summed E-state index contributed by atoms with van der Waals surface area (Å²) in [7, 11) is 1.65. The van der Waals surface area contributed by atoms with E-state index in [4.69, 9.17) is 4.74 Å². The van der Waals surface area contributed by atoms with Gasteiger partial charge >= 0.3 is 0 Å². The van der Waals surface area contributed by atoms with E-state index in [9.17, 15) is 9.18 Å². The van der Waals surface area contributed by atoms with Crippen molar-refractivity contribution in [2.75, 3.05) is 13.7 Å². The van der Waals surface area contributed by atoms with Gasteiger partial charge in [-0.1, -0.05) is 26.0 Å². The normalized spacial score (nSPS) is 11.5. The second-order valence-corrected chi connectivity index (χ2v) is 7.08. The van der Waals surface area contributed by atoms with Crippen molar-refractivity contribution in [3.8, 4) is 5.75 Å². The lowest BCUT2D eigenvalue weighted by atomic mass is 9.84. The van der Waals surface area contributed by atoms with Gasteiger partial charge in [-0.3, -0.25) is 4.79 Å². The number of fused-ring (bicyclic) bond motifs is 1. The van der Waals surface area contributed by atoms with Crippen molar-refractivity contribution in [1.82, 2.24) is 10.3 Å². The highest BCUT2D eigenvalue weighted by Crippen LogP contribution is 2.32. The number of benzene rings is 2. The van der Waals surface area contributed by atoms with Gasteiger partial charge in [0.15, 0.2) is 0 Å². The first-order chi connectivity index (χ1) is 12.4. The van der Waals surface area contributed by atoms with Crippen LogP contribution in [-0.2, 0) is 16.6 Å². The fourth-order valence-electron chi connectivity index (χ4n) is 3.05. The van der Waals surface area contributed by atoms with Gasteiger partial charge in [0.25, 0.3) is 0 Å². The van der Waals surface area contributed by atoms with Crippen molar-refractivity contribution < 1.29 is 13.9 Å². The molecular weight excluding hydrogens is 331 g/mol. The highest BCUT2D eigenvalue weighted by atomic mass is 19.1. The molecule has 0 saturated heterocycles. The van der Waals surface area contributed by atoms with Crippen molar-refractivity contribution >= 4 is 16.8 Å². The molecule has 0 aliphatic carbocycles. The maximum absolute atomic E-state index is 13.0. The zero-order chi connectivity index (χ0) is 18.7. The molecule has 1 heterocycles. The van der Waals surface area contributed by atoms with E-state index in [1.165, 1.54) is 12.1 Å². The van der Waals surface area contributed by atoms with Gasteiger partial charge in [0.2, 0.25) is 5.91 Å². The largest absolute Gasteiger partial charge is 0.497 e. The molecule has 0 aliphatic rings. The molecule has 3 aromatic rings. The van der Waals surface area contributed by atoms with Crippen LogP contribution in [0.15, 0.2) is 48.7 Å². The fourth-order valence-corrected chi connectivity index (χ4v) is 3.05. The van der Waals surface area contributed by atoms with E-state index in [-0.39, 0.29) is 23.6 Å². The van der Waals surface area contributed by atoms with Crippen molar-refractivity contribution in [3.05, 3.63) is 65.6 Å². The monoisotopic (exact) mass is 354 g/mol. The van der Waals surface area contributed by atoms with Crippen LogP contribution in [0.25, 0.3) is 10.9 Å². The molecule has 136 valence electrons. The molecule has 0 atom stereocenters. The number of nitrogens with one attached hydrogen (secondary N) is 2. The molecule has 2 N–H and O–H groups in total. The second-order valence-electron chi connectivity index (χ2n) is 7.08. The maximum atomic E-state index is 13.0. The minimum Gasteiger partial charge on any atom is -0.497 e. The van der Waals surface area contributed by atoms with Gasteiger partial charge < -0.3 is 15.0 Å². The van der Waals surface area contributed by atoms with Gasteiger partial charge in [-0.25, -0.2) is 4.39 Å². The summed E-state index contributed by atoms with van der Waals surface area (Å²) in [5, 5.41) is 4.08. The minimum atomic E-state index is -0.301. The number of hydrogen-bond donors (Lipinski definition) is 2. The van der Waals surface area contributed by atoms with Gasteiger partial charge in [0, 0.05) is 29.1 Å². The molecule has 1 aromatic heterocycles. The maximum Gasteiger partial charge on any atom is 0.224 e. The summed E-state index contributed by atoms with van der Waals surface area (Å²) in [5.74, 6) is 0.418. The van der Waals surface area contributed by atoms with Crippen LogP contribution < -0.4 is 10.1 Å². The summed E-state index contributed by atoms with van der Waals surface area (Å²) >= 11 is 0. The van der Waals surface area contributed by atoms with Crippen molar-refractivity contribution in [2.45, 2.75) is 25.7 Å². The van der Waals surface area contributed by atoms with E-state index in [1.54, 1.807) is 19.2 Å². The van der Waals surface area contributed by atoms with Crippen LogP contribution in [0.3, 0.4) is 0 Å². The Morgan fingerprint density at radius 3 is 2.62 bits per heavy atom. The molecule has 4 nitrogen and oxygen atoms in total. The topological polar surface area (TPSA) is 54.1 Å². The third-order valence-corrected chi connectivity index (χ3v) is 4.62. The number of halogens is 1. The number of methoxy groups -OCH3 is 1. The van der Waals surface area contributed by atoms with Crippen LogP contribution in [0.5, 0.6) is 5.75 Å². The van der Waals surface area contributed by atoms with Crippen LogP contribution >= 0.6 is 0 Å². The first kappa shape index (κ1) is 18.0. The Labute approximate surface area is 152 Å². The molecule has 0 bridgehead atoms. The Balaban J connectivity index is 1.70. The molecule has 0 spiro atoms. The zero-order valence-electron chi connectivity index (χ0n) is 15.2. The summed E-state index contributed by atoms with van der Waals surface area (Å²) in [6, 6.07) is 11.9. The highest BCUT2D eigenvalue weighted by molar-refractivity contribution is 5.86. The average molecular weight is 354 g/mol. The Bertz CT molecular complexity index is 913. The quantitative estimate of drug-likeness (QED) is 0.704. The lowest BCUT2D eigenvalue weighted by Crippen LogP contribution is -2.37. The molecule has 5 heteroatoms. The lowest BCUT2D eigenvalue weighted by Gasteiger charge is -2.25.